The molecule has 5 heteroatoms. The van der Waals surface area contributed by atoms with E-state index in [0.29, 0.717) is 0 Å². The molecule has 0 fully saturated rings. The van der Waals surface area contributed by atoms with Gasteiger partial charge < -0.3 is 0 Å². The van der Waals surface area contributed by atoms with E-state index in [1.54, 1.807) is 11.3 Å². The number of nitrogens with one attached hydrogen (secondary N) is 1. The second kappa shape index (κ2) is 3.73. The third kappa shape index (κ3) is 1.73. The molecule has 0 saturated heterocycles. The van der Waals surface area contributed by atoms with Crippen LogP contribution in [0.5, 0.6) is 0 Å². The molecule has 0 aliphatic carbocycles. The summed E-state index contributed by atoms with van der Waals surface area (Å²) in [6.45, 7) is 1.98. The van der Waals surface area contributed by atoms with Crippen molar-refractivity contribution in [1.82, 2.24) is 10.5 Å². The molecule has 0 unspecified atom stereocenters. The van der Waals surface area contributed by atoms with E-state index in [1.165, 1.54) is 6.34 Å². The monoisotopic (exact) mass is 207 g/mol. The topological polar surface area (TPSA) is 57.5 Å². The average Bonchev–Trinajstić information content (AvgIpc) is 2.54. The average molecular weight is 207 g/mol. The van der Waals surface area contributed by atoms with Gasteiger partial charge in [-0.25, -0.2) is 9.98 Å². The zero-order chi connectivity index (χ0) is 9.97. The molecular weight excluding hydrogens is 198 g/mol. The Hall–Kier alpha value is -1.46. The van der Waals surface area contributed by atoms with E-state index >= 15 is 0 Å². The summed E-state index contributed by atoms with van der Waals surface area (Å²) in [7, 11) is 0. The van der Waals surface area contributed by atoms with E-state index in [0.717, 1.165) is 20.9 Å². The lowest BCUT2D eigenvalue weighted by Crippen LogP contribution is -2.00. The number of hydrogen-bond acceptors (Lipinski definition) is 4. The van der Waals surface area contributed by atoms with Gasteiger partial charge >= 0.3 is 0 Å². The van der Waals surface area contributed by atoms with E-state index in [9.17, 15) is 0 Å². The third-order valence-electron chi connectivity index (χ3n) is 1.75. The number of thiazole rings is 1. The number of aromatic nitrogens is 1. The van der Waals surface area contributed by atoms with Crippen LogP contribution in [0.25, 0.3) is 10.2 Å². The molecule has 1 aromatic heterocycles. The largest absolute Gasteiger partial charge is 0.290 e. The van der Waals surface area contributed by atoms with Gasteiger partial charge in [0.25, 0.3) is 0 Å². The molecule has 2 N–H and O–H groups in total. The molecule has 0 amide bonds. The summed E-state index contributed by atoms with van der Waals surface area (Å²) < 4.78 is 1.11. The van der Waals surface area contributed by atoms with E-state index < -0.39 is 0 Å². The highest BCUT2D eigenvalue weighted by Crippen LogP contribution is 2.25. The predicted octanol–water partition coefficient (Wildman–Crippen LogP) is 2.24. The van der Waals surface area contributed by atoms with Crippen LogP contribution in [-0.4, -0.2) is 16.5 Å². The first-order valence-corrected chi connectivity index (χ1v) is 4.90. The summed E-state index contributed by atoms with van der Waals surface area (Å²) in [4.78, 5) is 8.31. The van der Waals surface area contributed by atoms with Crippen LogP contribution in [0.4, 0.5) is 5.69 Å². The molecule has 1 aromatic carbocycles. The lowest BCUT2D eigenvalue weighted by Gasteiger charge is -1.92. The first kappa shape index (κ1) is 9.11. The Morgan fingerprint density at radius 2 is 2.43 bits per heavy atom. The standard InChI is InChI=1S/C9H9N3OS/c1-6-12-8-3-2-7(10-5-11-13)4-9(8)14-6/h2-5,13H,1H3,(H,10,11). The fourth-order valence-electron chi connectivity index (χ4n) is 1.21. The maximum Gasteiger partial charge on any atom is 0.113 e. The van der Waals surface area contributed by atoms with Crippen molar-refractivity contribution in [1.29, 1.82) is 0 Å². The number of aryl methyl sites for hydroxylation is 1. The predicted molar refractivity (Wildman–Crippen MR) is 57.4 cm³/mol. The minimum atomic E-state index is 0.794. The van der Waals surface area contributed by atoms with Crippen LogP contribution in [0.3, 0.4) is 0 Å². The molecule has 0 atom stereocenters. The van der Waals surface area contributed by atoms with Crippen LogP contribution in [0.15, 0.2) is 23.2 Å². The van der Waals surface area contributed by atoms with Crippen LogP contribution < -0.4 is 5.48 Å². The molecule has 0 aliphatic rings. The van der Waals surface area contributed by atoms with Gasteiger partial charge in [-0.1, -0.05) is 0 Å². The molecule has 1 heterocycles. The van der Waals surface area contributed by atoms with Gasteiger partial charge in [0.05, 0.1) is 20.9 Å². The van der Waals surface area contributed by atoms with Crippen LogP contribution >= 0.6 is 11.3 Å². The summed E-state index contributed by atoms with van der Waals surface area (Å²) in [6.07, 6.45) is 1.23. The second-order valence-corrected chi connectivity index (χ2v) is 4.01. The summed E-state index contributed by atoms with van der Waals surface area (Å²) in [6, 6.07) is 5.71. The van der Waals surface area contributed by atoms with Gasteiger partial charge in [-0.05, 0) is 25.1 Å². The second-order valence-electron chi connectivity index (χ2n) is 2.77. The fourth-order valence-corrected chi connectivity index (χ4v) is 2.07. The SMILES string of the molecule is Cc1nc2ccc(N=CNO)cc2s1. The van der Waals surface area contributed by atoms with Gasteiger partial charge in [0, 0.05) is 0 Å². The molecule has 0 bridgehead atoms. The van der Waals surface area contributed by atoms with Gasteiger partial charge in [-0.3, -0.25) is 10.7 Å². The summed E-state index contributed by atoms with van der Waals surface area (Å²) >= 11 is 1.63. The minimum absolute atomic E-state index is 0.794. The smallest absolute Gasteiger partial charge is 0.113 e. The summed E-state index contributed by atoms with van der Waals surface area (Å²) in [5.74, 6) is 0. The lowest BCUT2D eigenvalue weighted by atomic mass is 10.3. The van der Waals surface area contributed by atoms with Crippen LogP contribution in [-0.2, 0) is 0 Å². The van der Waals surface area contributed by atoms with Crippen LogP contribution in [0.2, 0.25) is 0 Å². The third-order valence-corrected chi connectivity index (χ3v) is 2.68. The fraction of sp³-hybridized carbons (Fsp3) is 0.111. The number of nitrogens with zero attached hydrogens (tertiary/aromatic N) is 2. The Morgan fingerprint density at radius 1 is 1.57 bits per heavy atom. The van der Waals surface area contributed by atoms with Gasteiger partial charge in [0.15, 0.2) is 0 Å². The Balaban J connectivity index is 2.45. The number of benzene rings is 1. The Morgan fingerprint density at radius 3 is 3.21 bits per heavy atom. The maximum atomic E-state index is 8.34. The van der Waals surface area contributed by atoms with Gasteiger partial charge in [0.2, 0.25) is 0 Å². The van der Waals surface area contributed by atoms with Crippen molar-refractivity contribution in [3.05, 3.63) is 23.2 Å². The molecule has 0 aliphatic heterocycles. The molecule has 2 rings (SSSR count). The van der Waals surface area contributed by atoms with Crippen molar-refractivity contribution in [2.45, 2.75) is 6.92 Å². The Kier molecular flexibility index (Phi) is 2.43. The van der Waals surface area contributed by atoms with Crippen LogP contribution in [0, 0.1) is 6.92 Å². The Bertz CT molecular complexity index is 478. The van der Waals surface area contributed by atoms with E-state index in [2.05, 4.69) is 9.98 Å². The van der Waals surface area contributed by atoms with Crippen molar-refractivity contribution in [2.24, 2.45) is 4.99 Å². The first-order chi connectivity index (χ1) is 6.79. The van der Waals surface area contributed by atoms with Crippen molar-refractivity contribution in [2.75, 3.05) is 0 Å². The van der Waals surface area contributed by atoms with Gasteiger partial charge in [-0.15, -0.1) is 11.3 Å². The van der Waals surface area contributed by atoms with Crippen molar-refractivity contribution < 1.29 is 5.21 Å². The molecule has 4 nitrogen and oxygen atoms in total. The van der Waals surface area contributed by atoms with Crippen LogP contribution in [0.1, 0.15) is 5.01 Å². The summed E-state index contributed by atoms with van der Waals surface area (Å²) in [5.41, 5.74) is 3.65. The van der Waals surface area contributed by atoms with E-state index in [4.69, 9.17) is 5.21 Å². The molecule has 0 spiro atoms. The first-order valence-electron chi connectivity index (χ1n) is 4.09. The van der Waals surface area contributed by atoms with Gasteiger partial charge in [0.1, 0.15) is 6.34 Å². The van der Waals surface area contributed by atoms with Gasteiger partial charge in [-0.2, -0.15) is 0 Å². The maximum absolute atomic E-state index is 8.34. The molecule has 14 heavy (non-hydrogen) atoms. The number of aliphatic imine (C=N–C) groups is 1. The lowest BCUT2D eigenvalue weighted by molar-refractivity contribution is 0.240. The molecule has 0 radical (unpaired) electrons. The quantitative estimate of drug-likeness (QED) is 0.451. The normalized spacial score (nSPS) is 11.3. The van der Waals surface area contributed by atoms with E-state index in [1.807, 2.05) is 30.6 Å². The minimum Gasteiger partial charge on any atom is -0.290 e. The number of hydroxylamine groups is 1. The highest BCUT2D eigenvalue weighted by molar-refractivity contribution is 7.18. The molecule has 0 saturated carbocycles. The number of rotatable bonds is 2. The van der Waals surface area contributed by atoms with E-state index in [-0.39, 0.29) is 0 Å². The highest BCUT2D eigenvalue weighted by Gasteiger charge is 1.99. The molecule has 72 valence electrons. The number of hydrogen-bond donors (Lipinski definition) is 2. The molecule has 2 aromatic rings. The van der Waals surface area contributed by atoms with Crippen molar-refractivity contribution in [3.63, 3.8) is 0 Å². The Labute approximate surface area is 84.9 Å². The zero-order valence-corrected chi connectivity index (χ0v) is 8.38. The zero-order valence-electron chi connectivity index (χ0n) is 7.56. The summed E-state index contributed by atoms with van der Waals surface area (Å²) in [5, 5.41) is 9.38. The number of fused-ring (bicyclic) bond motifs is 1. The van der Waals surface area contributed by atoms with Crippen molar-refractivity contribution in [3.8, 4) is 0 Å². The molecular formula is C9H9N3OS. The highest BCUT2D eigenvalue weighted by atomic mass is 32.1. The van der Waals surface area contributed by atoms with Crippen molar-refractivity contribution >= 4 is 33.6 Å².